The maximum atomic E-state index is 12.8. The predicted molar refractivity (Wildman–Crippen MR) is 105 cm³/mol. The lowest BCUT2D eigenvalue weighted by Gasteiger charge is -2.09. The predicted octanol–water partition coefficient (Wildman–Crippen LogP) is 3.29. The number of carbonyl (C=O) groups excluding carboxylic acids is 2. The number of rotatable bonds is 5. The summed E-state index contributed by atoms with van der Waals surface area (Å²) >= 11 is 0. The Labute approximate surface area is 157 Å². The van der Waals surface area contributed by atoms with Crippen LogP contribution >= 0.6 is 0 Å². The molecule has 0 spiro atoms. The fraction of sp³-hybridized carbons (Fsp3) is 0.150. The Balaban J connectivity index is 1.80. The monoisotopic (exact) mass is 363 g/mol. The maximum absolute atomic E-state index is 12.8. The third kappa shape index (κ3) is 4.33. The Morgan fingerprint density at radius 2 is 1.67 bits per heavy atom. The summed E-state index contributed by atoms with van der Waals surface area (Å²) in [5, 5.41) is 9.84. The first kappa shape index (κ1) is 18.2. The van der Waals surface area contributed by atoms with E-state index in [9.17, 15) is 9.59 Å². The molecule has 0 fully saturated rings. The van der Waals surface area contributed by atoms with Gasteiger partial charge < -0.3 is 16.4 Å². The second-order valence-electron chi connectivity index (χ2n) is 6.21. The second-order valence-corrected chi connectivity index (χ2v) is 6.21. The summed E-state index contributed by atoms with van der Waals surface area (Å²) in [5.74, 6) is -0.250. The molecule has 7 nitrogen and oxygen atoms in total. The molecular weight excluding hydrogens is 342 g/mol. The molecule has 0 unspecified atom stereocenters. The molecular formula is C20H21N5O2. The Morgan fingerprint density at radius 3 is 2.33 bits per heavy atom. The number of hydrogen-bond donors (Lipinski definition) is 3. The largest absolute Gasteiger partial charge is 0.351 e. The van der Waals surface area contributed by atoms with Crippen molar-refractivity contribution in [1.29, 1.82) is 0 Å². The number of nitrogens with one attached hydrogen (secondary N) is 2. The third-order valence-corrected chi connectivity index (χ3v) is 4.17. The third-order valence-electron chi connectivity index (χ3n) is 4.17. The highest BCUT2D eigenvalue weighted by molar-refractivity contribution is 6.06. The van der Waals surface area contributed by atoms with E-state index in [0.29, 0.717) is 29.2 Å². The molecule has 0 saturated carbocycles. The standard InChI is InChI=1S/C20H21N5O2/c1-13-18(14(2)25(24-13)12-15-7-4-3-5-8-15)19(26)22-16-9-6-10-17(11-16)23-20(21)27/h3-11H,12H2,1-2H3,(H,22,26)(H3,21,23,27). The number of carbonyl (C=O) groups is 2. The minimum atomic E-state index is -0.660. The number of urea groups is 1. The molecule has 0 atom stereocenters. The van der Waals surface area contributed by atoms with Crippen LogP contribution < -0.4 is 16.4 Å². The minimum Gasteiger partial charge on any atom is -0.351 e. The average molecular weight is 363 g/mol. The summed E-state index contributed by atoms with van der Waals surface area (Å²) in [6.07, 6.45) is 0. The summed E-state index contributed by atoms with van der Waals surface area (Å²) in [4.78, 5) is 23.8. The van der Waals surface area contributed by atoms with E-state index in [1.54, 1.807) is 24.3 Å². The van der Waals surface area contributed by atoms with Gasteiger partial charge in [-0.3, -0.25) is 9.48 Å². The summed E-state index contributed by atoms with van der Waals surface area (Å²) < 4.78 is 1.82. The van der Waals surface area contributed by atoms with E-state index in [0.717, 1.165) is 11.3 Å². The zero-order valence-electron chi connectivity index (χ0n) is 15.2. The van der Waals surface area contributed by atoms with Crippen LogP contribution in [0.15, 0.2) is 54.6 Å². The van der Waals surface area contributed by atoms with Gasteiger partial charge in [-0.1, -0.05) is 36.4 Å². The quantitative estimate of drug-likeness (QED) is 0.648. The lowest BCUT2D eigenvalue weighted by Crippen LogP contribution is -2.19. The molecule has 2 aromatic carbocycles. The molecule has 0 aliphatic carbocycles. The fourth-order valence-corrected chi connectivity index (χ4v) is 2.95. The highest BCUT2D eigenvalue weighted by Gasteiger charge is 2.19. The van der Waals surface area contributed by atoms with Crippen molar-refractivity contribution in [3.8, 4) is 0 Å². The van der Waals surface area contributed by atoms with Gasteiger partial charge in [-0.25, -0.2) is 4.79 Å². The first-order chi connectivity index (χ1) is 12.9. The van der Waals surface area contributed by atoms with E-state index < -0.39 is 6.03 Å². The van der Waals surface area contributed by atoms with Gasteiger partial charge in [0.25, 0.3) is 5.91 Å². The van der Waals surface area contributed by atoms with Crippen LogP contribution in [0.25, 0.3) is 0 Å². The van der Waals surface area contributed by atoms with Crippen LogP contribution in [0.1, 0.15) is 27.3 Å². The smallest absolute Gasteiger partial charge is 0.316 e. The number of nitrogens with zero attached hydrogens (tertiary/aromatic N) is 2. The number of nitrogens with two attached hydrogens (primary N) is 1. The minimum absolute atomic E-state index is 0.250. The molecule has 0 radical (unpaired) electrons. The number of anilines is 2. The van der Waals surface area contributed by atoms with Crippen molar-refractivity contribution in [2.45, 2.75) is 20.4 Å². The molecule has 138 valence electrons. The lowest BCUT2D eigenvalue weighted by atomic mass is 10.1. The molecule has 0 aliphatic heterocycles. The van der Waals surface area contributed by atoms with Gasteiger partial charge >= 0.3 is 6.03 Å². The number of aromatic nitrogens is 2. The van der Waals surface area contributed by atoms with Gasteiger partial charge in [0.1, 0.15) is 0 Å². The van der Waals surface area contributed by atoms with E-state index in [-0.39, 0.29) is 5.91 Å². The Bertz CT molecular complexity index is 979. The van der Waals surface area contributed by atoms with Crippen molar-refractivity contribution in [3.05, 3.63) is 77.1 Å². The van der Waals surface area contributed by atoms with Crippen LogP contribution in [-0.4, -0.2) is 21.7 Å². The summed E-state index contributed by atoms with van der Waals surface area (Å²) in [6, 6.07) is 16.1. The zero-order chi connectivity index (χ0) is 19.4. The topological polar surface area (TPSA) is 102 Å². The second kappa shape index (κ2) is 7.74. The molecule has 0 aliphatic rings. The normalized spacial score (nSPS) is 10.4. The Kier molecular flexibility index (Phi) is 5.21. The Morgan fingerprint density at radius 1 is 1.00 bits per heavy atom. The molecule has 0 saturated heterocycles. The summed E-state index contributed by atoms with van der Waals surface area (Å²) in [7, 11) is 0. The molecule has 7 heteroatoms. The molecule has 3 amide bonds. The van der Waals surface area contributed by atoms with Crippen molar-refractivity contribution >= 4 is 23.3 Å². The molecule has 0 bridgehead atoms. The summed E-state index contributed by atoms with van der Waals surface area (Å²) in [6.45, 7) is 4.29. The number of primary amides is 1. The van der Waals surface area contributed by atoms with Gasteiger partial charge in [0.2, 0.25) is 0 Å². The van der Waals surface area contributed by atoms with Crippen molar-refractivity contribution in [1.82, 2.24) is 9.78 Å². The van der Waals surface area contributed by atoms with Crippen LogP contribution in [0.3, 0.4) is 0 Å². The molecule has 1 aromatic heterocycles. The number of benzene rings is 2. The number of hydrogen-bond acceptors (Lipinski definition) is 3. The van der Waals surface area contributed by atoms with Gasteiger partial charge in [-0.2, -0.15) is 5.10 Å². The van der Waals surface area contributed by atoms with Gasteiger partial charge in [-0.15, -0.1) is 0 Å². The fourth-order valence-electron chi connectivity index (χ4n) is 2.95. The van der Waals surface area contributed by atoms with E-state index in [1.807, 2.05) is 48.9 Å². The SMILES string of the molecule is Cc1nn(Cc2ccccc2)c(C)c1C(=O)Nc1cccc(NC(N)=O)c1. The highest BCUT2D eigenvalue weighted by Crippen LogP contribution is 2.19. The zero-order valence-corrected chi connectivity index (χ0v) is 15.2. The van der Waals surface area contributed by atoms with Crippen LogP contribution in [0.4, 0.5) is 16.2 Å². The van der Waals surface area contributed by atoms with Crippen molar-refractivity contribution in [3.63, 3.8) is 0 Å². The number of amides is 3. The van der Waals surface area contributed by atoms with Gasteiger partial charge in [0, 0.05) is 17.1 Å². The van der Waals surface area contributed by atoms with E-state index in [4.69, 9.17) is 5.73 Å². The first-order valence-corrected chi connectivity index (χ1v) is 8.50. The van der Waals surface area contributed by atoms with Crippen molar-refractivity contribution in [2.24, 2.45) is 5.73 Å². The van der Waals surface area contributed by atoms with Gasteiger partial charge in [0.15, 0.2) is 0 Å². The first-order valence-electron chi connectivity index (χ1n) is 8.50. The van der Waals surface area contributed by atoms with Crippen LogP contribution in [0.5, 0.6) is 0 Å². The average Bonchev–Trinajstić information content (AvgIpc) is 2.89. The molecule has 27 heavy (non-hydrogen) atoms. The van der Waals surface area contributed by atoms with E-state index in [2.05, 4.69) is 15.7 Å². The molecule has 4 N–H and O–H groups in total. The van der Waals surface area contributed by atoms with Crippen molar-refractivity contribution in [2.75, 3.05) is 10.6 Å². The van der Waals surface area contributed by atoms with Crippen LogP contribution in [-0.2, 0) is 6.54 Å². The lowest BCUT2D eigenvalue weighted by molar-refractivity contribution is 0.102. The number of aryl methyl sites for hydroxylation is 1. The van der Waals surface area contributed by atoms with Gasteiger partial charge in [-0.05, 0) is 37.6 Å². The molecule has 1 heterocycles. The van der Waals surface area contributed by atoms with E-state index >= 15 is 0 Å². The molecule has 3 rings (SSSR count). The Hall–Kier alpha value is -3.61. The van der Waals surface area contributed by atoms with Crippen LogP contribution in [0, 0.1) is 13.8 Å². The highest BCUT2D eigenvalue weighted by atomic mass is 16.2. The van der Waals surface area contributed by atoms with E-state index in [1.165, 1.54) is 0 Å². The summed E-state index contributed by atoms with van der Waals surface area (Å²) in [5.41, 5.74) is 9.29. The molecule has 3 aromatic rings. The van der Waals surface area contributed by atoms with Crippen molar-refractivity contribution < 1.29 is 9.59 Å². The van der Waals surface area contributed by atoms with Crippen LogP contribution in [0.2, 0.25) is 0 Å². The van der Waals surface area contributed by atoms with Gasteiger partial charge in [0.05, 0.1) is 17.8 Å². The maximum Gasteiger partial charge on any atom is 0.316 e.